The summed E-state index contributed by atoms with van der Waals surface area (Å²) in [4.78, 5) is 12.0. The molecule has 0 spiro atoms. The Morgan fingerprint density at radius 3 is 2.62 bits per heavy atom. The van der Waals surface area contributed by atoms with Gasteiger partial charge in [-0.3, -0.25) is 4.79 Å². The highest BCUT2D eigenvalue weighted by Crippen LogP contribution is 2.29. The van der Waals surface area contributed by atoms with E-state index < -0.39 is 0 Å². The van der Waals surface area contributed by atoms with Crippen molar-refractivity contribution in [3.8, 4) is 0 Å². The summed E-state index contributed by atoms with van der Waals surface area (Å²) in [5, 5.41) is 11.5. The van der Waals surface area contributed by atoms with Crippen LogP contribution in [0.25, 0.3) is 0 Å². The molecule has 6 heteroatoms. The number of thioether (sulfide) groups is 1. The summed E-state index contributed by atoms with van der Waals surface area (Å²) >= 11 is 3.04. The second-order valence-corrected chi connectivity index (χ2v) is 7.50. The number of hydrogen-bond acceptors (Lipinski definition) is 5. The van der Waals surface area contributed by atoms with Crippen LogP contribution in [-0.2, 0) is 17.0 Å². The zero-order valence-electron chi connectivity index (χ0n) is 13.2. The molecule has 122 valence electrons. The molecular weight excluding hydrogens is 338 g/mol. The first-order valence-corrected chi connectivity index (χ1v) is 9.35. The predicted molar refractivity (Wildman–Crippen MR) is 99.4 cm³/mol. The molecule has 24 heavy (non-hydrogen) atoms. The first-order chi connectivity index (χ1) is 11.7. The van der Waals surface area contributed by atoms with E-state index in [1.165, 1.54) is 22.5 Å². The predicted octanol–water partition coefficient (Wildman–Crippen LogP) is 4.32. The van der Waals surface area contributed by atoms with Gasteiger partial charge in [0.05, 0.1) is 6.42 Å². The van der Waals surface area contributed by atoms with Crippen LogP contribution in [0.15, 0.2) is 58.9 Å². The van der Waals surface area contributed by atoms with Crippen LogP contribution in [0.4, 0.5) is 5.13 Å². The average molecular weight is 355 g/mol. The minimum absolute atomic E-state index is 0.0761. The zero-order valence-corrected chi connectivity index (χ0v) is 14.9. The van der Waals surface area contributed by atoms with Gasteiger partial charge in [0.1, 0.15) is 0 Å². The summed E-state index contributed by atoms with van der Waals surface area (Å²) in [6.07, 6.45) is 0.339. The molecule has 0 saturated carbocycles. The van der Waals surface area contributed by atoms with Crippen molar-refractivity contribution in [3.05, 3.63) is 71.3 Å². The van der Waals surface area contributed by atoms with Gasteiger partial charge in [0.25, 0.3) is 0 Å². The summed E-state index contributed by atoms with van der Waals surface area (Å²) in [5.41, 5.74) is 3.53. The van der Waals surface area contributed by atoms with Crippen LogP contribution in [0.5, 0.6) is 0 Å². The lowest BCUT2D eigenvalue weighted by molar-refractivity contribution is -0.115. The van der Waals surface area contributed by atoms with Crippen LogP contribution < -0.4 is 5.32 Å². The van der Waals surface area contributed by atoms with Gasteiger partial charge in [0.15, 0.2) is 4.34 Å². The van der Waals surface area contributed by atoms with Gasteiger partial charge in [-0.25, -0.2) is 0 Å². The van der Waals surface area contributed by atoms with E-state index >= 15 is 0 Å². The molecule has 0 atom stereocenters. The highest BCUT2D eigenvalue weighted by atomic mass is 32.2. The first-order valence-electron chi connectivity index (χ1n) is 7.55. The van der Waals surface area contributed by atoms with E-state index in [4.69, 9.17) is 0 Å². The van der Waals surface area contributed by atoms with Crippen LogP contribution in [-0.4, -0.2) is 16.1 Å². The van der Waals surface area contributed by atoms with Crippen LogP contribution in [0, 0.1) is 6.92 Å². The largest absolute Gasteiger partial charge is 0.300 e. The highest BCUT2D eigenvalue weighted by molar-refractivity contribution is 8.00. The molecule has 4 nitrogen and oxygen atoms in total. The molecule has 1 N–H and O–H groups in total. The first kappa shape index (κ1) is 16.7. The van der Waals surface area contributed by atoms with E-state index in [2.05, 4.69) is 34.6 Å². The fourth-order valence-corrected chi connectivity index (χ4v) is 4.02. The number of hydrogen-bond donors (Lipinski definition) is 1. The van der Waals surface area contributed by atoms with Crippen LogP contribution >= 0.6 is 23.1 Å². The molecule has 0 aliphatic rings. The van der Waals surface area contributed by atoms with Gasteiger partial charge < -0.3 is 5.32 Å². The molecule has 0 radical (unpaired) electrons. The molecule has 0 unspecified atom stereocenters. The Morgan fingerprint density at radius 2 is 1.83 bits per heavy atom. The number of amides is 1. The number of anilines is 1. The van der Waals surface area contributed by atoms with Crippen molar-refractivity contribution < 1.29 is 4.79 Å². The Hall–Kier alpha value is -2.18. The van der Waals surface area contributed by atoms with Crippen molar-refractivity contribution >= 4 is 34.1 Å². The molecule has 0 bridgehead atoms. The van der Waals surface area contributed by atoms with Gasteiger partial charge in [-0.05, 0) is 23.6 Å². The average Bonchev–Trinajstić information content (AvgIpc) is 3.02. The van der Waals surface area contributed by atoms with E-state index in [9.17, 15) is 4.79 Å². The Bertz CT molecular complexity index is 818. The second kappa shape index (κ2) is 8.08. The smallest absolute Gasteiger partial charge is 0.230 e. The number of carbonyl (C=O) groups excluding carboxylic acids is 1. The maximum atomic E-state index is 12.0. The third kappa shape index (κ3) is 4.66. The summed E-state index contributed by atoms with van der Waals surface area (Å²) in [6.45, 7) is 2.10. The number of nitrogens with one attached hydrogen (secondary N) is 1. The third-order valence-electron chi connectivity index (χ3n) is 3.47. The number of aromatic nitrogens is 2. The van der Waals surface area contributed by atoms with Crippen LogP contribution in [0.3, 0.4) is 0 Å². The lowest BCUT2D eigenvalue weighted by Crippen LogP contribution is -2.14. The van der Waals surface area contributed by atoms with E-state index in [0.717, 1.165) is 15.7 Å². The van der Waals surface area contributed by atoms with Gasteiger partial charge >= 0.3 is 0 Å². The van der Waals surface area contributed by atoms with E-state index in [0.29, 0.717) is 11.6 Å². The van der Waals surface area contributed by atoms with Crippen molar-refractivity contribution in [1.29, 1.82) is 0 Å². The molecule has 0 aliphatic carbocycles. The van der Waals surface area contributed by atoms with E-state index in [1.807, 2.05) is 42.5 Å². The zero-order chi connectivity index (χ0) is 16.8. The summed E-state index contributed by atoms with van der Waals surface area (Å²) in [6, 6.07) is 17.9. The number of carbonyl (C=O) groups is 1. The Labute approximate surface area is 149 Å². The lowest BCUT2D eigenvalue weighted by atomic mass is 10.1. The number of nitrogens with zero attached hydrogens (tertiary/aromatic N) is 2. The lowest BCUT2D eigenvalue weighted by Gasteiger charge is -2.02. The molecule has 0 fully saturated rings. The number of aryl methyl sites for hydroxylation is 1. The number of rotatable bonds is 6. The molecule has 1 amide bonds. The van der Waals surface area contributed by atoms with Crippen LogP contribution in [0.1, 0.15) is 16.7 Å². The molecule has 3 aromatic rings. The van der Waals surface area contributed by atoms with Gasteiger partial charge in [0, 0.05) is 5.75 Å². The topological polar surface area (TPSA) is 54.9 Å². The molecular formula is C18H17N3OS2. The molecule has 0 saturated heterocycles. The van der Waals surface area contributed by atoms with Crippen molar-refractivity contribution in [2.45, 2.75) is 23.4 Å². The standard InChI is InChI=1S/C18H17N3OS2/c1-13-7-5-6-10-15(13)12-23-18-21-20-17(24-18)19-16(22)11-14-8-3-2-4-9-14/h2-10H,11-12H2,1H3,(H,19,20,22). The molecule has 0 aliphatic heterocycles. The van der Waals surface area contributed by atoms with E-state index in [-0.39, 0.29) is 5.91 Å². The van der Waals surface area contributed by atoms with Gasteiger partial charge in [-0.2, -0.15) is 0 Å². The fourth-order valence-electron chi connectivity index (χ4n) is 2.17. The normalized spacial score (nSPS) is 10.5. The summed E-state index contributed by atoms with van der Waals surface area (Å²) < 4.78 is 0.855. The second-order valence-electron chi connectivity index (χ2n) is 5.30. The third-order valence-corrected chi connectivity index (χ3v) is 5.49. The highest BCUT2D eigenvalue weighted by Gasteiger charge is 2.10. The molecule has 3 rings (SSSR count). The maximum Gasteiger partial charge on any atom is 0.230 e. The van der Waals surface area contributed by atoms with Crippen molar-refractivity contribution in [1.82, 2.24) is 10.2 Å². The molecule has 2 aromatic carbocycles. The summed E-state index contributed by atoms with van der Waals surface area (Å²) in [5.74, 6) is 0.770. The Morgan fingerprint density at radius 1 is 1.08 bits per heavy atom. The minimum Gasteiger partial charge on any atom is -0.300 e. The Balaban J connectivity index is 1.54. The Kier molecular flexibility index (Phi) is 5.61. The SMILES string of the molecule is Cc1ccccc1CSc1nnc(NC(=O)Cc2ccccc2)s1. The minimum atomic E-state index is -0.0761. The van der Waals surface area contributed by atoms with Gasteiger partial charge in [-0.1, -0.05) is 77.7 Å². The summed E-state index contributed by atoms with van der Waals surface area (Å²) in [7, 11) is 0. The fraction of sp³-hybridized carbons (Fsp3) is 0.167. The number of benzene rings is 2. The van der Waals surface area contributed by atoms with Crippen LogP contribution in [0.2, 0.25) is 0 Å². The quantitative estimate of drug-likeness (QED) is 0.528. The van der Waals surface area contributed by atoms with Crippen molar-refractivity contribution in [3.63, 3.8) is 0 Å². The van der Waals surface area contributed by atoms with Gasteiger partial charge in [0.2, 0.25) is 11.0 Å². The molecule has 1 aromatic heterocycles. The van der Waals surface area contributed by atoms with Crippen molar-refractivity contribution in [2.24, 2.45) is 0 Å². The van der Waals surface area contributed by atoms with Crippen molar-refractivity contribution in [2.75, 3.05) is 5.32 Å². The van der Waals surface area contributed by atoms with E-state index in [1.54, 1.807) is 11.8 Å². The monoisotopic (exact) mass is 355 g/mol. The molecule has 1 heterocycles. The maximum absolute atomic E-state index is 12.0. The van der Waals surface area contributed by atoms with Gasteiger partial charge in [-0.15, -0.1) is 10.2 Å².